The van der Waals surface area contributed by atoms with Gasteiger partial charge in [0.05, 0.1) is 11.5 Å². The molecule has 0 aliphatic carbocycles. The second kappa shape index (κ2) is 6.16. The molecule has 3 N–H and O–H groups in total. The first-order chi connectivity index (χ1) is 10.0. The fourth-order valence-corrected chi connectivity index (χ4v) is 2.06. The van der Waals surface area contributed by atoms with Gasteiger partial charge in [-0.1, -0.05) is 17.2 Å². The lowest BCUT2D eigenvalue weighted by molar-refractivity contribution is -0.120. The molecule has 2 rings (SSSR count). The van der Waals surface area contributed by atoms with Gasteiger partial charge in [0.15, 0.2) is 0 Å². The molecule has 0 spiro atoms. The van der Waals surface area contributed by atoms with Crippen LogP contribution in [0, 0.1) is 0 Å². The predicted molar refractivity (Wildman–Crippen MR) is 71.6 cm³/mol. The molecule has 1 aliphatic heterocycles. The first kappa shape index (κ1) is 14.7. The molecule has 0 saturated heterocycles. The van der Waals surface area contributed by atoms with Crippen molar-refractivity contribution in [3.8, 4) is 5.75 Å². The van der Waals surface area contributed by atoms with Crippen molar-refractivity contribution >= 4 is 19.0 Å². The highest BCUT2D eigenvalue weighted by Crippen LogP contribution is 2.29. The number of azide groups is 1. The summed E-state index contributed by atoms with van der Waals surface area (Å²) < 4.78 is 5.20. The molecule has 1 aromatic carbocycles. The molecule has 0 aromatic heterocycles. The van der Waals surface area contributed by atoms with E-state index in [-0.39, 0.29) is 24.3 Å². The number of fused-ring (bicyclic) bond motifs is 1. The smallest absolute Gasteiger partial charge is 0.534 e. The molecule has 1 heterocycles. The average Bonchev–Trinajstić information content (AvgIpc) is 2.45. The lowest BCUT2D eigenvalue weighted by Gasteiger charge is -2.28. The number of hydrogen-bond donors (Lipinski definition) is 3. The average molecular weight is 290 g/mol. The molecular weight excluding hydrogens is 279 g/mol. The number of carbonyl (C=O) groups is 2. The minimum absolute atomic E-state index is 0.0505. The van der Waals surface area contributed by atoms with Gasteiger partial charge in [-0.15, -0.1) is 0 Å². The summed E-state index contributed by atoms with van der Waals surface area (Å²) in [5, 5.41) is 24.5. The third-order valence-corrected chi connectivity index (χ3v) is 2.97. The molecular formula is C11H11BN4O5. The van der Waals surface area contributed by atoms with Crippen LogP contribution in [-0.4, -0.2) is 41.6 Å². The second-order valence-corrected chi connectivity index (χ2v) is 4.37. The van der Waals surface area contributed by atoms with Gasteiger partial charge >= 0.3 is 13.1 Å². The Morgan fingerprint density at radius 1 is 1.57 bits per heavy atom. The summed E-state index contributed by atoms with van der Waals surface area (Å²) in [5.74, 6) is -2.37. The van der Waals surface area contributed by atoms with E-state index in [1.807, 2.05) is 0 Å². The van der Waals surface area contributed by atoms with Crippen molar-refractivity contribution < 1.29 is 24.4 Å². The molecule has 1 atom stereocenters. The summed E-state index contributed by atoms with van der Waals surface area (Å²) in [7, 11) is -1.38. The van der Waals surface area contributed by atoms with E-state index in [1.165, 1.54) is 6.07 Å². The van der Waals surface area contributed by atoms with Crippen LogP contribution in [0.2, 0.25) is 0 Å². The monoisotopic (exact) mass is 290 g/mol. The Morgan fingerprint density at radius 2 is 2.33 bits per heavy atom. The fourth-order valence-electron chi connectivity index (χ4n) is 2.06. The number of para-hydroxylation sites is 1. The van der Waals surface area contributed by atoms with Crippen molar-refractivity contribution in [2.75, 3.05) is 6.54 Å². The lowest BCUT2D eigenvalue weighted by atomic mass is 9.72. The number of hydrogen-bond acceptors (Lipinski definition) is 5. The van der Waals surface area contributed by atoms with Crippen molar-refractivity contribution in [3.05, 3.63) is 39.8 Å². The van der Waals surface area contributed by atoms with Crippen LogP contribution in [0.25, 0.3) is 10.4 Å². The van der Waals surface area contributed by atoms with Crippen molar-refractivity contribution in [1.82, 2.24) is 5.32 Å². The molecule has 1 aromatic rings. The summed E-state index contributed by atoms with van der Waals surface area (Å²) >= 11 is 0. The van der Waals surface area contributed by atoms with Crippen LogP contribution in [0.3, 0.4) is 0 Å². The normalized spacial score (nSPS) is 16.2. The maximum Gasteiger partial charge on any atom is 0.547 e. The van der Waals surface area contributed by atoms with E-state index in [2.05, 4.69) is 15.3 Å². The molecule has 108 valence electrons. The van der Waals surface area contributed by atoms with Gasteiger partial charge in [0.1, 0.15) is 12.3 Å². The standard InChI is InChI=1S/C11H11BN4O5/c13-16-14-5-9(17)15-8-4-6-2-1-3-7(11(18)19)10(6)21-12(8)20/h1-3,8,20H,4-5H2,(H,15,17)(H,18,19). The molecule has 1 amide bonds. The van der Waals surface area contributed by atoms with E-state index < -0.39 is 24.9 Å². The number of benzene rings is 1. The van der Waals surface area contributed by atoms with Gasteiger partial charge in [-0.25, -0.2) is 4.79 Å². The van der Waals surface area contributed by atoms with Gasteiger partial charge in [-0.2, -0.15) is 0 Å². The van der Waals surface area contributed by atoms with E-state index in [4.69, 9.17) is 15.3 Å². The zero-order valence-electron chi connectivity index (χ0n) is 10.8. The minimum atomic E-state index is -1.38. The Bertz CT molecular complexity index is 631. The molecule has 1 unspecified atom stereocenters. The molecule has 0 fully saturated rings. The van der Waals surface area contributed by atoms with Crippen LogP contribution in [0.4, 0.5) is 0 Å². The number of aromatic carboxylic acids is 1. The Kier molecular flexibility index (Phi) is 4.31. The molecule has 0 radical (unpaired) electrons. The molecule has 9 nitrogen and oxygen atoms in total. The topological polar surface area (TPSA) is 145 Å². The zero-order valence-corrected chi connectivity index (χ0v) is 10.8. The molecule has 1 aliphatic rings. The van der Waals surface area contributed by atoms with Crippen molar-refractivity contribution in [3.63, 3.8) is 0 Å². The van der Waals surface area contributed by atoms with E-state index in [0.717, 1.165) is 0 Å². The molecule has 0 saturated carbocycles. The molecule has 10 heteroatoms. The Labute approximate surface area is 119 Å². The highest BCUT2D eigenvalue weighted by atomic mass is 16.5. The fraction of sp³-hybridized carbons (Fsp3) is 0.273. The van der Waals surface area contributed by atoms with Crippen LogP contribution in [-0.2, 0) is 11.2 Å². The summed E-state index contributed by atoms with van der Waals surface area (Å²) in [5.41, 5.74) is 8.65. The SMILES string of the molecule is [N-]=[N+]=NCC(=O)NC1Cc2cccc(C(=O)O)c2OB1O. The third-order valence-electron chi connectivity index (χ3n) is 2.97. The van der Waals surface area contributed by atoms with Gasteiger partial charge in [-0.3, -0.25) is 4.79 Å². The van der Waals surface area contributed by atoms with Gasteiger partial charge in [0.25, 0.3) is 0 Å². The number of rotatable bonds is 4. The van der Waals surface area contributed by atoms with Gasteiger partial charge < -0.3 is 20.1 Å². The van der Waals surface area contributed by atoms with Crippen molar-refractivity contribution in [1.29, 1.82) is 0 Å². The van der Waals surface area contributed by atoms with Crippen LogP contribution in [0.15, 0.2) is 23.3 Å². The van der Waals surface area contributed by atoms with E-state index >= 15 is 0 Å². The second-order valence-electron chi connectivity index (χ2n) is 4.37. The van der Waals surface area contributed by atoms with Crippen molar-refractivity contribution in [2.24, 2.45) is 5.11 Å². The summed E-state index contributed by atoms with van der Waals surface area (Å²) in [4.78, 5) is 25.0. The van der Waals surface area contributed by atoms with E-state index in [0.29, 0.717) is 5.56 Å². The highest BCUT2D eigenvalue weighted by molar-refractivity contribution is 6.47. The first-order valence-corrected chi connectivity index (χ1v) is 6.03. The quantitative estimate of drug-likeness (QED) is 0.312. The summed E-state index contributed by atoms with van der Waals surface area (Å²) in [6, 6.07) is 4.58. The van der Waals surface area contributed by atoms with E-state index in [1.54, 1.807) is 12.1 Å². The van der Waals surface area contributed by atoms with Crippen molar-refractivity contribution in [2.45, 2.75) is 12.4 Å². The van der Waals surface area contributed by atoms with Crippen LogP contribution in [0.5, 0.6) is 5.75 Å². The molecule has 0 bridgehead atoms. The maximum absolute atomic E-state index is 11.5. The third kappa shape index (κ3) is 3.25. The number of nitrogens with zero attached hydrogens (tertiary/aromatic N) is 3. The van der Waals surface area contributed by atoms with E-state index in [9.17, 15) is 14.6 Å². The number of amides is 1. The number of carbonyl (C=O) groups excluding carboxylic acids is 1. The minimum Gasteiger partial charge on any atom is -0.534 e. The largest absolute Gasteiger partial charge is 0.547 e. The highest BCUT2D eigenvalue weighted by Gasteiger charge is 2.37. The molecule has 21 heavy (non-hydrogen) atoms. The lowest BCUT2D eigenvalue weighted by Crippen LogP contribution is -2.53. The summed E-state index contributed by atoms with van der Waals surface area (Å²) in [6.45, 7) is -0.387. The zero-order chi connectivity index (χ0) is 15.4. The first-order valence-electron chi connectivity index (χ1n) is 6.03. The van der Waals surface area contributed by atoms with Gasteiger partial charge in [0, 0.05) is 4.91 Å². The van der Waals surface area contributed by atoms with Crippen LogP contribution in [0.1, 0.15) is 15.9 Å². The maximum atomic E-state index is 11.5. The van der Waals surface area contributed by atoms with Crippen LogP contribution >= 0.6 is 0 Å². The van der Waals surface area contributed by atoms with Gasteiger partial charge in [0.2, 0.25) is 5.91 Å². The Balaban J connectivity index is 2.17. The number of carboxylic acids is 1. The van der Waals surface area contributed by atoms with Crippen LogP contribution < -0.4 is 9.97 Å². The van der Waals surface area contributed by atoms with Gasteiger partial charge in [-0.05, 0) is 23.6 Å². The Hall–Kier alpha value is -2.71. The Morgan fingerprint density at radius 3 is 3.00 bits per heavy atom. The predicted octanol–water partition coefficient (Wildman–Crippen LogP) is 0.135. The summed E-state index contributed by atoms with van der Waals surface area (Å²) in [6.07, 6.45) is 0.208. The number of carboxylic acid groups (broad SMARTS) is 1. The number of nitrogens with one attached hydrogen (secondary N) is 1.